The number of nitrogens with zero attached hydrogens (tertiary/aromatic N) is 2. The number of amides is 1. The summed E-state index contributed by atoms with van der Waals surface area (Å²) < 4.78 is 11.3. The highest BCUT2D eigenvalue weighted by molar-refractivity contribution is 6.07. The normalized spacial score (nSPS) is 24.8. The second-order valence-electron chi connectivity index (χ2n) is 8.65. The van der Waals surface area contributed by atoms with E-state index in [1.807, 2.05) is 51.1 Å². The Bertz CT molecular complexity index is 886. The third-order valence-corrected chi connectivity index (χ3v) is 5.40. The van der Waals surface area contributed by atoms with Crippen molar-refractivity contribution in [3.05, 3.63) is 42.2 Å². The lowest BCUT2D eigenvalue weighted by molar-refractivity contribution is -0.0861. The number of aromatic nitrogens is 1. The highest BCUT2D eigenvalue weighted by Crippen LogP contribution is 2.35. The van der Waals surface area contributed by atoms with Crippen LogP contribution >= 0.6 is 0 Å². The van der Waals surface area contributed by atoms with Crippen molar-refractivity contribution >= 4 is 22.6 Å². The molecule has 1 aromatic heterocycles. The molecule has 4 rings (SSSR count). The Hall–Kier alpha value is -2.47. The largest absolute Gasteiger partial charge is 0.444 e. The number of morpholine rings is 1. The summed E-state index contributed by atoms with van der Waals surface area (Å²) >= 11 is 0. The molecule has 3 heterocycles. The molecule has 1 aromatic carbocycles. The van der Waals surface area contributed by atoms with Crippen LogP contribution in [0.15, 0.2) is 36.5 Å². The molecule has 2 atom stereocenters. The fourth-order valence-electron chi connectivity index (χ4n) is 4.25. The molecular weight excluding hydrogens is 356 g/mol. The number of rotatable bonds is 2. The Morgan fingerprint density at radius 1 is 1.11 bits per heavy atom. The van der Waals surface area contributed by atoms with Gasteiger partial charge in [-0.1, -0.05) is 24.3 Å². The van der Waals surface area contributed by atoms with Crippen LogP contribution in [0.3, 0.4) is 0 Å². The van der Waals surface area contributed by atoms with Gasteiger partial charge in [0, 0.05) is 17.5 Å². The Kier molecular flexibility index (Phi) is 4.83. The molecule has 1 amide bonds. The molecule has 2 bridgehead atoms. The molecule has 2 fully saturated rings. The van der Waals surface area contributed by atoms with Crippen molar-refractivity contribution in [2.75, 3.05) is 13.2 Å². The minimum Gasteiger partial charge on any atom is -0.444 e. The van der Waals surface area contributed by atoms with E-state index in [2.05, 4.69) is 4.98 Å². The summed E-state index contributed by atoms with van der Waals surface area (Å²) in [7, 11) is 0. The van der Waals surface area contributed by atoms with Crippen molar-refractivity contribution in [2.45, 2.75) is 51.3 Å². The third kappa shape index (κ3) is 3.61. The van der Waals surface area contributed by atoms with E-state index < -0.39 is 5.60 Å². The van der Waals surface area contributed by atoms with Gasteiger partial charge in [-0.3, -0.25) is 14.7 Å². The van der Waals surface area contributed by atoms with Crippen molar-refractivity contribution in [2.24, 2.45) is 5.92 Å². The fourth-order valence-corrected chi connectivity index (χ4v) is 4.25. The number of pyridine rings is 1. The first-order chi connectivity index (χ1) is 13.3. The van der Waals surface area contributed by atoms with E-state index in [1.165, 1.54) is 0 Å². The van der Waals surface area contributed by atoms with Gasteiger partial charge in [-0.15, -0.1) is 0 Å². The van der Waals surface area contributed by atoms with Gasteiger partial charge in [-0.25, -0.2) is 4.79 Å². The number of Topliss-reactive ketones (excluding diaryl/α,β-unsaturated/α-hetero) is 1. The zero-order valence-corrected chi connectivity index (χ0v) is 16.6. The summed E-state index contributed by atoms with van der Waals surface area (Å²) in [4.78, 5) is 32.2. The minimum atomic E-state index is -0.550. The SMILES string of the molecule is CC(C)(C)OC(=O)N1C2COCC1CC(C(=O)c1nccc3ccccc13)C2. The Balaban J connectivity index is 1.57. The Morgan fingerprint density at radius 3 is 2.46 bits per heavy atom. The van der Waals surface area contributed by atoms with Gasteiger partial charge in [0.25, 0.3) is 0 Å². The summed E-state index contributed by atoms with van der Waals surface area (Å²) in [6, 6.07) is 9.43. The van der Waals surface area contributed by atoms with E-state index in [0.717, 1.165) is 10.8 Å². The molecule has 0 radical (unpaired) electrons. The van der Waals surface area contributed by atoms with Gasteiger partial charge < -0.3 is 9.47 Å². The van der Waals surface area contributed by atoms with Crippen molar-refractivity contribution in [1.82, 2.24) is 9.88 Å². The number of ether oxygens (including phenoxy) is 2. The van der Waals surface area contributed by atoms with Crippen LogP contribution in [0.4, 0.5) is 4.79 Å². The smallest absolute Gasteiger partial charge is 0.410 e. The first-order valence-electron chi connectivity index (χ1n) is 9.80. The molecule has 6 heteroatoms. The number of benzene rings is 1. The molecule has 2 saturated heterocycles. The average molecular weight is 382 g/mol. The van der Waals surface area contributed by atoms with Crippen LogP contribution < -0.4 is 0 Å². The van der Waals surface area contributed by atoms with Crippen molar-refractivity contribution < 1.29 is 19.1 Å². The van der Waals surface area contributed by atoms with Crippen LogP contribution in [0.1, 0.15) is 44.1 Å². The maximum absolute atomic E-state index is 13.3. The lowest BCUT2D eigenvalue weighted by atomic mass is 9.81. The maximum Gasteiger partial charge on any atom is 0.410 e. The molecule has 0 spiro atoms. The van der Waals surface area contributed by atoms with Crippen molar-refractivity contribution in [1.29, 1.82) is 0 Å². The lowest BCUT2D eigenvalue weighted by Gasteiger charge is -2.47. The Morgan fingerprint density at radius 2 is 1.79 bits per heavy atom. The maximum atomic E-state index is 13.3. The highest BCUT2D eigenvalue weighted by Gasteiger charge is 2.45. The van der Waals surface area contributed by atoms with Crippen LogP contribution in [0.25, 0.3) is 10.8 Å². The van der Waals surface area contributed by atoms with E-state index in [4.69, 9.17) is 9.47 Å². The van der Waals surface area contributed by atoms with E-state index in [-0.39, 0.29) is 29.9 Å². The van der Waals surface area contributed by atoms with E-state index in [0.29, 0.717) is 31.7 Å². The lowest BCUT2D eigenvalue weighted by Crippen LogP contribution is -2.60. The molecular formula is C22H26N2O4. The summed E-state index contributed by atoms with van der Waals surface area (Å²) in [5, 5.41) is 1.89. The number of ketones is 1. The van der Waals surface area contributed by atoms with Gasteiger partial charge in [0.2, 0.25) is 0 Å². The van der Waals surface area contributed by atoms with E-state index >= 15 is 0 Å². The average Bonchev–Trinajstić information content (AvgIpc) is 2.64. The quantitative estimate of drug-likeness (QED) is 0.739. The van der Waals surface area contributed by atoms with Crippen molar-refractivity contribution in [3.8, 4) is 0 Å². The molecule has 148 valence electrons. The standard InChI is InChI=1S/C22H26N2O4/c1-22(2,3)28-21(26)24-16-10-15(11-17(24)13-27-12-16)20(25)19-18-7-5-4-6-14(18)8-9-23-19/h4-9,15-17H,10-13H2,1-3H3. The summed E-state index contributed by atoms with van der Waals surface area (Å²) in [6.07, 6.45) is 2.51. The predicted molar refractivity (Wildman–Crippen MR) is 105 cm³/mol. The molecule has 0 aliphatic carbocycles. The fraction of sp³-hybridized carbons (Fsp3) is 0.500. The molecule has 28 heavy (non-hydrogen) atoms. The van der Waals surface area contributed by atoms with E-state index in [1.54, 1.807) is 11.1 Å². The number of carbonyl (C=O) groups excluding carboxylic acids is 2. The van der Waals surface area contributed by atoms with Crippen LogP contribution in [-0.2, 0) is 9.47 Å². The zero-order chi connectivity index (χ0) is 19.9. The van der Waals surface area contributed by atoms with Gasteiger partial charge in [0.15, 0.2) is 5.78 Å². The van der Waals surface area contributed by atoms with Crippen LogP contribution in [0, 0.1) is 5.92 Å². The number of fused-ring (bicyclic) bond motifs is 3. The second-order valence-corrected chi connectivity index (χ2v) is 8.65. The number of hydrogen-bond donors (Lipinski definition) is 0. The van der Waals surface area contributed by atoms with Gasteiger partial charge in [0.1, 0.15) is 11.3 Å². The summed E-state index contributed by atoms with van der Waals surface area (Å²) in [5.41, 5.74) is -0.0287. The van der Waals surface area contributed by atoms with Crippen LogP contribution in [-0.4, -0.2) is 52.7 Å². The zero-order valence-electron chi connectivity index (χ0n) is 16.6. The van der Waals surface area contributed by atoms with Gasteiger partial charge in [-0.05, 0) is 45.1 Å². The highest BCUT2D eigenvalue weighted by atomic mass is 16.6. The molecule has 0 saturated carbocycles. The minimum absolute atomic E-state index is 0.0533. The first kappa shape index (κ1) is 18.9. The molecule has 0 N–H and O–H groups in total. The van der Waals surface area contributed by atoms with E-state index in [9.17, 15) is 9.59 Å². The van der Waals surface area contributed by atoms with Gasteiger partial charge >= 0.3 is 6.09 Å². The van der Waals surface area contributed by atoms with Crippen molar-refractivity contribution in [3.63, 3.8) is 0 Å². The van der Waals surface area contributed by atoms with Gasteiger partial charge in [-0.2, -0.15) is 0 Å². The molecule has 2 aliphatic heterocycles. The number of carbonyl (C=O) groups is 2. The molecule has 2 aromatic rings. The summed E-state index contributed by atoms with van der Waals surface area (Å²) in [5.74, 6) is -0.117. The molecule has 6 nitrogen and oxygen atoms in total. The second kappa shape index (κ2) is 7.17. The third-order valence-electron chi connectivity index (χ3n) is 5.40. The number of piperidine rings is 1. The van der Waals surface area contributed by atoms with Gasteiger partial charge in [0.05, 0.1) is 25.3 Å². The first-order valence-corrected chi connectivity index (χ1v) is 9.80. The molecule has 2 aliphatic rings. The van der Waals surface area contributed by atoms with Crippen LogP contribution in [0.2, 0.25) is 0 Å². The number of hydrogen-bond acceptors (Lipinski definition) is 5. The summed E-state index contributed by atoms with van der Waals surface area (Å²) in [6.45, 7) is 6.45. The Labute approximate surface area is 164 Å². The topological polar surface area (TPSA) is 68.7 Å². The molecule has 2 unspecified atom stereocenters. The van der Waals surface area contributed by atoms with Crippen LogP contribution in [0.5, 0.6) is 0 Å². The monoisotopic (exact) mass is 382 g/mol. The predicted octanol–water partition coefficient (Wildman–Crippen LogP) is 3.83.